The number of carbonyl (C=O) groups is 4. The van der Waals surface area contributed by atoms with E-state index < -0.39 is 79.1 Å². The van der Waals surface area contributed by atoms with Crippen molar-refractivity contribution < 1.29 is 54.2 Å². The molecule has 1 aromatic heterocycles. The standard InChI is InChI=1S/C34H45N7O11/c1-17(43)39-24(14-19-15-38-22-6-3-2-5-21(19)22)31(48)40-23(7-4-12-37-34(35)36)30(47)41-25(32(49)50)13-18-8-10-20(11-9-18)51-33-29(46)28(45)27(44)26(16-42)52-33/h2-3,5-6,8-11,15,23-29,33,38,42,44-46H,4,7,12-14,16H2,1H3,(H,39,43)(H,40,48)(H,41,47)(H,49,50)(H4,35,36,37)/t23-,24-,25-,26+,27+,28-,29+,33+/m0/s1. The van der Waals surface area contributed by atoms with Gasteiger partial charge < -0.3 is 67.4 Å². The van der Waals surface area contributed by atoms with Crippen LogP contribution in [0, 0.1) is 0 Å². The number of carboxylic acids is 1. The van der Waals surface area contributed by atoms with Gasteiger partial charge in [0.1, 0.15) is 48.3 Å². The first-order valence-corrected chi connectivity index (χ1v) is 16.5. The highest BCUT2D eigenvalue weighted by atomic mass is 16.7. The number of para-hydroxylation sites is 1. The number of hydrogen-bond donors (Lipinski definition) is 11. The fraction of sp³-hybridized carbons (Fsp3) is 0.441. The monoisotopic (exact) mass is 727 g/mol. The van der Waals surface area contributed by atoms with Crippen LogP contribution in [0.1, 0.15) is 30.9 Å². The summed E-state index contributed by atoms with van der Waals surface area (Å²) in [5, 5.41) is 58.3. The molecule has 0 unspecified atom stereocenters. The van der Waals surface area contributed by atoms with E-state index in [0.717, 1.165) is 16.5 Å². The molecular formula is C34H45N7O11. The zero-order valence-electron chi connectivity index (χ0n) is 28.3. The lowest BCUT2D eigenvalue weighted by Gasteiger charge is -2.39. The predicted octanol–water partition coefficient (Wildman–Crippen LogP) is -2.26. The highest BCUT2D eigenvalue weighted by molar-refractivity contribution is 5.94. The van der Waals surface area contributed by atoms with Crippen LogP contribution in [0.25, 0.3) is 10.9 Å². The van der Waals surface area contributed by atoms with Crippen molar-refractivity contribution in [3.8, 4) is 5.75 Å². The molecule has 2 aromatic carbocycles. The van der Waals surface area contributed by atoms with Crippen molar-refractivity contribution in [2.45, 2.75) is 81.4 Å². The molecule has 0 bridgehead atoms. The first-order chi connectivity index (χ1) is 24.8. The third-order valence-electron chi connectivity index (χ3n) is 8.45. The summed E-state index contributed by atoms with van der Waals surface area (Å²) < 4.78 is 10.9. The van der Waals surface area contributed by atoms with Crippen molar-refractivity contribution in [2.75, 3.05) is 13.2 Å². The van der Waals surface area contributed by atoms with Crippen molar-refractivity contribution in [1.82, 2.24) is 20.9 Å². The van der Waals surface area contributed by atoms with Crippen molar-refractivity contribution in [3.63, 3.8) is 0 Å². The smallest absolute Gasteiger partial charge is 0.326 e. The van der Waals surface area contributed by atoms with Crippen molar-refractivity contribution >= 4 is 40.6 Å². The largest absolute Gasteiger partial charge is 0.480 e. The van der Waals surface area contributed by atoms with E-state index in [0.29, 0.717) is 5.56 Å². The van der Waals surface area contributed by atoms with Gasteiger partial charge in [0.2, 0.25) is 24.0 Å². The van der Waals surface area contributed by atoms with Gasteiger partial charge in [-0.2, -0.15) is 0 Å². The lowest BCUT2D eigenvalue weighted by molar-refractivity contribution is -0.277. The highest BCUT2D eigenvalue weighted by Crippen LogP contribution is 2.25. The number of fused-ring (bicyclic) bond motifs is 1. The van der Waals surface area contributed by atoms with Crippen LogP contribution >= 0.6 is 0 Å². The van der Waals surface area contributed by atoms with Gasteiger partial charge in [0.05, 0.1) is 6.61 Å². The molecule has 1 saturated heterocycles. The average molecular weight is 728 g/mol. The summed E-state index contributed by atoms with van der Waals surface area (Å²) in [5.74, 6) is -3.27. The zero-order valence-corrected chi connectivity index (χ0v) is 28.3. The quantitative estimate of drug-likeness (QED) is 0.0398. The van der Waals surface area contributed by atoms with Gasteiger partial charge in [0, 0.05) is 43.4 Å². The van der Waals surface area contributed by atoms with Gasteiger partial charge in [-0.3, -0.25) is 19.4 Å². The van der Waals surface area contributed by atoms with Crippen LogP contribution in [-0.4, -0.2) is 122 Å². The van der Waals surface area contributed by atoms with Crippen LogP contribution in [0.3, 0.4) is 0 Å². The minimum Gasteiger partial charge on any atom is -0.480 e. The summed E-state index contributed by atoms with van der Waals surface area (Å²) >= 11 is 0. The first kappa shape index (κ1) is 39.5. The van der Waals surface area contributed by atoms with E-state index in [9.17, 15) is 44.7 Å². The van der Waals surface area contributed by atoms with E-state index in [1.165, 1.54) is 31.2 Å². The SMILES string of the molecule is CC(=O)N[C@@H](Cc1c[nH]c2ccccc12)C(=O)N[C@@H](CCCN=C(N)N)C(=O)N[C@@H](Cc1ccc(O[C@@H]2O[C@H](CO)[C@@H](O)[C@H](O)[C@H]2O)cc1)C(=O)O. The molecule has 13 N–H and O–H groups in total. The Bertz CT molecular complexity index is 1710. The number of aliphatic imine (C=N–C) groups is 1. The molecule has 3 aromatic rings. The van der Waals surface area contributed by atoms with Gasteiger partial charge in [0.25, 0.3) is 0 Å². The summed E-state index contributed by atoms with van der Waals surface area (Å²) in [6.07, 6.45) is -5.46. The highest BCUT2D eigenvalue weighted by Gasteiger charge is 2.44. The lowest BCUT2D eigenvalue weighted by Crippen LogP contribution is -2.60. The Morgan fingerprint density at radius 1 is 0.904 bits per heavy atom. The molecule has 2 heterocycles. The number of hydrogen-bond acceptors (Lipinski definition) is 11. The Labute approximate surface area is 298 Å². The molecular weight excluding hydrogens is 682 g/mol. The van der Waals surface area contributed by atoms with Crippen molar-refractivity contribution in [1.29, 1.82) is 0 Å². The van der Waals surface area contributed by atoms with E-state index in [1.807, 2.05) is 24.3 Å². The van der Waals surface area contributed by atoms with Gasteiger partial charge in [-0.05, 0) is 42.2 Å². The molecule has 8 atom stereocenters. The molecule has 0 radical (unpaired) electrons. The van der Waals surface area contributed by atoms with Gasteiger partial charge in [-0.25, -0.2) is 4.79 Å². The fourth-order valence-corrected chi connectivity index (χ4v) is 5.73. The summed E-state index contributed by atoms with van der Waals surface area (Å²) in [7, 11) is 0. The predicted molar refractivity (Wildman–Crippen MR) is 186 cm³/mol. The van der Waals surface area contributed by atoms with Crippen molar-refractivity contribution in [3.05, 3.63) is 65.9 Å². The topological polar surface area (TPSA) is 304 Å². The number of guanidine groups is 1. The Balaban J connectivity index is 1.45. The number of ether oxygens (including phenoxy) is 2. The normalized spacial score (nSPS) is 21.7. The molecule has 1 aliphatic rings. The minimum atomic E-state index is -1.63. The van der Waals surface area contributed by atoms with E-state index >= 15 is 0 Å². The maximum atomic E-state index is 13.6. The number of aliphatic carboxylic acids is 1. The Morgan fingerprint density at radius 3 is 2.23 bits per heavy atom. The number of nitrogens with two attached hydrogens (primary N) is 2. The second-order valence-corrected chi connectivity index (χ2v) is 12.4. The number of carbonyl (C=O) groups excluding carboxylic acids is 3. The second-order valence-electron chi connectivity index (χ2n) is 12.4. The van der Waals surface area contributed by atoms with E-state index in [4.69, 9.17) is 20.9 Å². The summed E-state index contributed by atoms with van der Waals surface area (Å²) in [6.45, 7) is 0.764. The van der Waals surface area contributed by atoms with E-state index in [2.05, 4.69) is 25.9 Å². The molecule has 4 rings (SSSR count). The number of H-pyrrole nitrogens is 1. The summed E-state index contributed by atoms with van der Waals surface area (Å²) in [4.78, 5) is 58.6. The molecule has 18 heteroatoms. The third kappa shape index (κ3) is 10.6. The molecule has 3 amide bonds. The molecule has 0 saturated carbocycles. The Hall–Kier alpha value is -5.27. The second kappa shape index (κ2) is 18.3. The number of nitrogens with zero attached hydrogens (tertiary/aromatic N) is 1. The number of aliphatic hydroxyl groups excluding tert-OH is 4. The first-order valence-electron chi connectivity index (χ1n) is 16.5. The summed E-state index contributed by atoms with van der Waals surface area (Å²) in [5.41, 5.74) is 12.9. The third-order valence-corrected chi connectivity index (χ3v) is 8.45. The van der Waals surface area contributed by atoms with E-state index in [-0.39, 0.29) is 43.9 Å². The Morgan fingerprint density at radius 2 is 1.58 bits per heavy atom. The van der Waals surface area contributed by atoms with Gasteiger partial charge in [-0.15, -0.1) is 0 Å². The summed E-state index contributed by atoms with van der Waals surface area (Å²) in [6, 6.07) is 9.63. The molecule has 18 nitrogen and oxygen atoms in total. The Kier molecular flexibility index (Phi) is 13.9. The number of carboxylic acid groups (broad SMARTS) is 1. The van der Waals surface area contributed by atoms with Crippen LogP contribution in [0.5, 0.6) is 5.75 Å². The molecule has 1 aliphatic heterocycles. The maximum Gasteiger partial charge on any atom is 0.326 e. The maximum absolute atomic E-state index is 13.6. The number of amides is 3. The molecule has 1 fully saturated rings. The number of aromatic nitrogens is 1. The van der Waals surface area contributed by atoms with Gasteiger partial charge in [-0.1, -0.05) is 30.3 Å². The molecule has 282 valence electrons. The molecule has 52 heavy (non-hydrogen) atoms. The fourth-order valence-electron chi connectivity index (χ4n) is 5.73. The van der Waals surface area contributed by atoms with E-state index in [1.54, 1.807) is 6.20 Å². The molecule has 0 aliphatic carbocycles. The van der Waals surface area contributed by atoms with Crippen LogP contribution < -0.4 is 32.2 Å². The van der Waals surface area contributed by atoms with Gasteiger partial charge in [0.15, 0.2) is 5.96 Å². The number of nitrogens with one attached hydrogen (secondary N) is 4. The van der Waals surface area contributed by atoms with Crippen molar-refractivity contribution in [2.24, 2.45) is 16.5 Å². The number of benzene rings is 2. The molecule has 0 spiro atoms. The lowest BCUT2D eigenvalue weighted by atomic mass is 9.99. The number of rotatable bonds is 17. The van der Waals surface area contributed by atoms with Crippen LogP contribution in [0.2, 0.25) is 0 Å². The number of aliphatic hydroxyl groups is 4. The van der Waals surface area contributed by atoms with Gasteiger partial charge >= 0.3 is 5.97 Å². The van der Waals surface area contributed by atoms with Crippen LogP contribution in [-0.2, 0) is 36.8 Å². The number of aromatic amines is 1. The zero-order chi connectivity index (χ0) is 37.9. The average Bonchev–Trinajstić information content (AvgIpc) is 3.52. The van der Waals surface area contributed by atoms with Crippen LogP contribution in [0.4, 0.5) is 0 Å². The minimum absolute atomic E-state index is 0.0323. The van der Waals surface area contributed by atoms with Crippen LogP contribution in [0.15, 0.2) is 59.7 Å².